The molecular weight excluding hydrogens is 388 g/mol. The second-order valence-corrected chi connectivity index (χ2v) is 8.10. The highest BCUT2D eigenvalue weighted by Gasteiger charge is 2.45. The van der Waals surface area contributed by atoms with Gasteiger partial charge in [0.15, 0.2) is 5.43 Å². The molecule has 7 nitrogen and oxygen atoms in total. The third-order valence-electron chi connectivity index (χ3n) is 4.91. The van der Waals surface area contributed by atoms with Crippen LogP contribution in [0.25, 0.3) is 11.0 Å². The molecule has 0 saturated carbocycles. The Labute approximate surface area is 169 Å². The molecular formula is C21H16N4O3S. The first-order valence-corrected chi connectivity index (χ1v) is 10.0. The Morgan fingerprint density at radius 3 is 2.66 bits per heavy atom. The summed E-state index contributed by atoms with van der Waals surface area (Å²) in [5.41, 5.74) is 1.18. The largest absolute Gasteiger partial charge is 0.450 e. The van der Waals surface area contributed by atoms with Crippen molar-refractivity contribution >= 4 is 33.3 Å². The van der Waals surface area contributed by atoms with Gasteiger partial charge in [0, 0.05) is 18.3 Å². The summed E-state index contributed by atoms with van der Waals surface area (Å²) in [6, 6.07) is 9.89. The molecule has 29 heavy (non-hydrogen) atoms. The van der Waals surface area contributed by atoms with E-state index in [0.717, 1.165) is 5.01 Å². The van der Waals surface area contributed by atoms with Crippen LogP contribution >= 0.6 is 11.3 Å². The minimum Gasteiger partial charge on any atom is -0.450 e. The zero-order valence-electron chi connectivity index (χ0n) is 15.7. The lowest BCUT2D eigenvalue weighted by Crippen LogP contribution is -2.29. The van der Waals surface area contributed by atoms with Crippen LogP contribution in [0.15, 0.2) is 58.0 Å². The number of aromatic nitrogens is 3. The molecule has 8 heteroatoms. The normalized spacial score (nSPS) is 16.0. The van der Waals surface area contributed by atoms with Crippen LogP contribution in [0.3, 0.4) is 0 Å². The molecule has 1 aliphatic rings. The number of nitrogens with zero attached hydrogens (tertiary/aromatic N) is 4. The SMILES string of the molecule is CC(C)c1nnc(N2C(=O)c3oc4ccccc4c(=O)c3[C@@H]2c2cccnc2)s1. The van der Waals surface area contributed by atoms with E-state index in [2.05, 4.69) is 15.2 Å². The Morgan fingerprint density at radius 2 is 1.93 bits per heavy atom. The fraction of sp³-hybridized carbons (Fsp3) is 0.190. The van der Waals surface area contributed by atoms with Crippen LogP contribution in [0.4, 0.5) is 5.13 Å². The van der Waals surface area contributed by atoms with Gasteiger partial charge in [0.05, 0.1) is 17.0 Å². The topological polar surface area (TPSA) is 89.2 Å². The summed E-state index contributed by atoms with van der Waals surface area (Å²) < 4.78 is 5.90. The highest BCUT2D eigenvalue weighted by Crippen LogP contribution is 2.42. The molecule has 144 valence electrons. The number of rotatable bonds is 3. The number of pyridine rings is 1. The lowest BCUT2D eigenvalue weighted by molar-refractivity contribution is 0.0970. The number of anilines is 1. The van der Waals surface area contributed by atoms with Gasteiger partial charge in [-0.2, -0.15) is 0 Å². The Morgan fingerprint density at radius 1 is 1.10 bits per heavy atom. The van der Waals surface area contributed by atoms with Gasteiger partial charge in [-0.1, -0.05) is 43.4 Å². The number of carbonyl (C=O) groups is 1. The van der Waals surface area contributed by atoms with Gasteiger partial charge in [-0.15, -0.1) is 10.2 Å². The predicted octanol–water partition coefficient (Wildman–Crippen LogP) is 3.91. The van der Waals surface area contributed by atoms with Crippen LogP contribution in [0.1, 0.15) is 52.5 Å². The molecule has 0 fully saturated rings. The molecule has 1 aromatic carbocycles. The molecule has 0 bridgehead atoms. The molecule has 0 aliphatic carbocycles. The van der Waals surface area contributed by atoms with Crippen molar-refractivity contribution in [3.05, 3.63) is 80.9 Å². The zero-order chi connectivity index (χ0) is 20.1. The molecule has 0 N–H and O–H groups in total. The van der Waals surface area contributed by atoms with E-state index in [-0.39, 0.29) is 17.1 Å². The van der Waals surface area contributed by atoms with E-state index in [1.54, 1.807) is 42.7 Å². The molecule has 0 unspecified atom stereocenters. The summed E-state index contributed by atoms with van der Waals surface area (Å²) in [7, 11) is 0. The molecule has 1 atom stereocenters. The molecule has 0 radical (unpaired) electrons. The fourth-order valence-electron chi connectivity index (χ4n) is 3.53. The summed E-state index contributed by atoms with van der Waals surface area (Å²) in [6.45, 7) is 4.03. The first-order chi connectivity index (χ1) is 14.1. The Kier molecular flexibility index (Phi) is 4.02. The molecule has 5 rings (SSSR count). The van der Waals surface area contributed by atoms with Crippen LogP contribution in [0, 0.1) is 0 Å². The van der Waals surface area contributed by atoms with E-state index in [4.69, 9.17) is 4.42 Å². The van der Waals surface area contributed by atoms with Crippen molar-refractivity contribution in [3.63, 3.8) is 0 Å². The minimum atomic E-state index is -0.667. The maximum atomic E-state index is 13.4. The Bertz CT molecular complexity index is 1300. The third-order valence-corrected chi connectivity index (χ3v) is 6.13. The number of fused-ring (bicyclic) bond motifs is 2. The number of amides is 1. The lowest BCUT2D eigenvalue weighted by atomic mass is 10.0. The smallest absolute Gasteiger partial charge is 0.297 e. The highest BCUT2D eigenvalue weighted by atomic mass is 32.1. The van der Waals surface area contributed by atoms with E-state index in [1.807, 2.05) is 19.9 Å². The van der Waals surface area contributed by atoms with Crippen molar-refractivity contribution in [2.45, 2.75) is 25.8 Å². The second kappa shape index (κ2) is 6.59. The Hall–Kier alpha value is -3.39. The molecule has 3 aromatic heterocycles. The number of para-hydroxylation sites is 1. The molecule has 0 spiro atoms. The van der Waals surface area contributed by atoms with Gasteiger partial charge in [-0.25, -0.2) is 0 Å². The quantitative estimate of drug-likeness (QED) is 0.514. The molecule has 0 saturated heterocycles. The van der Waals surface area contributed by atoms with Crippen molar-refractivity contribution in [1.29, 1.82) is 0 Å². The molecule has 4 heterocycles. The van der Waals surface area contributed by atoms with Gasteiger partial charge in [-0.05, 0) is 23.8 Å². The van der Waals surface area contributed by atoms with Gasteiger partial charge in [0.1, 0.15) is 10.6 Å². The number of carbonyl (C=O) groups excluding carboxylic acids is 1. The third kappa shape index (κ3) is 2.67. The van der Waals surface area contributed by atoms with Crippen molar-refractivity contribution in [2.24, 2.45) is 0 Å². The van der Waals surface area contributed by atoms with E-state index in [1.165, 1.54) is 16.2 Å². The number of benzene rings is 1. The van der Waals surface area contributed by atoms with Crippen LogP contribution in [-0.2, 0) is 0 Å². The summed E-state index contributed by atoms with van der Waals surface area (Å²) in [4.78, 5) is 32.4. The van der Waals surface area contributed by atoms with Crippen molar-refractivity contribution in [3.8, 4) is 0 Å². The van der Waals surface area contributed by atoms with Crippen LogP contribution < -0.4 is 10.3 Å². The van der Waals surface area contributed by atoms with Gasteiger partial charge in [0.2, 0.25) is 10.9 Å². The van der Waals surface area contributed by atoms with E-state index in [0.29, 0.717) is 27.2 Å². The first-order valence-electron chi connectivity index (χ1n) is 9.19. The van der Waals surface area contributed by atoms with Gasteiger partial charge in [-0.3, -0.25) is 19.5 Å². The monoisotopic (exact) mass is 404 g/mol. The second-order valence-electron chi connectivity index (χ2n) is 7.11. The minimum absolute atomic E-state index is 0.0452. The maximum Gasteiger partial charge on any atom is 0.297 e. The summed E-state index contributed by atoms with van der Waals surface area (Å²) >= 11 is 1.34. The van der Waals surface area contributed by atoms with Gasteiger partial charge >= 0.3 is 0 Å². The van der Waals surface area contributed by atoms with E-state index < -0.39 is 11.9 Å². The lowest BCUT2D eigenvalue weighted by Gasteiger charge is -2.21. The average molecular weight is 404 g/mol. The predicted molar refractivity (Wildman–Crippen MR) is 109 cm³/mol. The summed E-state index contributed by atoms with van der Waals surface area (Å²) in [6.07, 6.45) is 3.30. The standard InChI is InChI=1S/C21H16N4O3S/c1-11(2)19-23-24-21(29-19)25-16(12-6-5-9-22-10-12)15-17(26)13-7-3-4-8-14(13)28-18(15)20(25)27/h3-11,16H,1-2H3/t16-/m0/s1. The van der Waals surface area contributed by atoms with Gasteiger partial charge in [0.25, 0.3) is 5.91 Å². The Balaban J connectivity index is 1.78. The molecule has 4 aromatic rings. The van der Waals surface area contributed by atoms with Gasteiger partial charge < -0.3 is 4.42 Å². The van der Waals surface area contributed by atoms with Crippen molar-refractivity contribution in [1.82, 2.24) is 15.2 Å². The molecule has 1 amide bonds. The highest BCUT2D eigenvalue weighted by molar-refractivity contribution is 7.15. The van der Waals surface area contributed by atoms with Crippen LogP contribution in [0.5, 0.6) is 0 Å². The number of hydrogen-bond donors (Lipinski definition) is 0. The average Bonchev–Trinajstić information content (AvgIpc) is 3.33. The van der Waals surface area contributed by atoms with Crippen molar-refractivity contribution in [2.75, 3.05) is 4.90 Å². The van der Waals surface area contributed by atoms with Crippen LogP contribution in [-0.4, -0.2) is 21.1 Å². The number of hydrogen-bond acceptors (Lipinski definition) is 7. The fourth-order valence-corrected chi connectivity index (χ4v) is 4.40. The van der Waals surface area contributed by atoms with E-state index >= 15 is 0 Å². The van der Waals surface area contributed by atoms with Crippen molar-refractivity contribution < 1.29 is 9.21 Å². The summed E-state index contributed by atoms with van der Waals surface area (Å²) in [5, 5.41) is 10.1. The summed E-state index contributed by atoms with van der Waals surface area (Å²) in [5.74, 6) is -0.174. The first kappa shape index (κ1) is 17.7. The molecule has 1 aliphatic heterocycles. The van der Waals surface area contributed by atoms with Crippen LogP contribution in [0.2, 0.25) is 0 Å². The zero-order valence-corrected chi connectivity index (χ0v) is 16.5. The van der Waals surface area contributed by atoms with E-state index in [9.17, 15) is 9.59 Å². The maximum absolute atomic E-state index is 13.4.